The molecule has 2 aromatic rings. The topological polar surface area (TPSA) is 56.8 Å². The van der Waals surface area contributed by atoms with Gasteiger partial charge in [0, 0.05) is 52.1 Å². The number of aromatic nitrogens is 1. The van der Waals surface area contributed by atoms with E-state index in [4.69, 9.17) is 4.98 Å². The summed E-state index contributed by atoms with van der Waals surface area (Å²) in [6.45, 7) is 6.72. The third-order valence-electron chi connectivity index (χ3n) is 5.68. The summed E-state index contributed by atoms with van der Waals surface area (Å²) in [7, 11) is 0. The number of hydrogen-bond donors (Lipinski definition) is 0. The van der Waals surface area contributed by atoms with Crippen molar-refractivity contribution >= 4 is 33.4 Å². The Morgan fingerprint density at radius 2 is 1.74 bits per heavy atom. The van der Waals surface area contributed by atoms with E-state index in [0.29, 0.717) is 12.5 Å². The van der Waals surface area contributed by atoms with Gasteiger partial charge in [-0.15, -0.1) is 11.3 Å². The number of likely N-dealkylation sites (tertiary alicyclic amines) is 1. The lowest BCUT2D eigenvalue weighted by Gasteiger charge is -2.36. The van der Waals surface area contributed by atoms with Gasteiger partial charge in [-0.1, -0.05) is 12.1 Å². The predicted molar refractivity (Wildman–Crippen MR) is 107 cm³/mol. The molecule has 0 bridgehead atoms. The highest BCUT2D eigenvalue weighted by Crippen LogP contribution is 2.33. The predicted octanol–water partition coefficient (Wildman–Crippen LogP) is 2.17. The fourth-order valence-corrected chi connectivity index (χ4v) is 5.09. The van der Waals surface area contributed by atoms with Gasteiger partial charge in [-0.05, 0) is 25.0 Å². The Kier molecular flexibility index (Phi) is 5.41. The molecule has 0 atom stereocenters. The van der Waals surface area contributed by atoms with Crippen molar-refractivity contribution in [1.29, 1.82) is 0 Å². The molecule has 2 amide bonds. The van der Waals surface area contributed by atoms with E-state index in [0.717, 1.165) is 57.6 Å². The van der Waals surface area contributed by atoms with Crippen molar-refractivity contribution in [3.63, 3.8) is 0 Å². The van der Waals surface area contributed by atoms with Gasteiger partial charge in [0.25, 0.3) is 0 Å². The van der Waals surface area contributed by atoms with Crippen LogP contribution in [0.3, 0.4) is 0 Å². The third kappa shape index (κ3) is 4.14. The zero-order valence-corrected chi connectivity index (χ0v) is 16.6. The molecule has 2 fully saturated rings. The van der Waals surface area contributed by atoms with Gasteiger partial charge >= 0.3 is 0 Å². The highest BCUT2D eigenvalue weighted by Gasteiger charge is 2.28. The first-order valence-corrected chi connectivity index (χ1v) is 10.5. The van der Waals surface area contributed by atoms with Crippen LogP contribution in [0.5, 0.6) is 0 Å². The maximum absolute atomic E-state index is 12.7. The Morgan fingerprint density at radius 3 is 2.41 bits per heavy atom. The molecule has 1 aromatic carbocycles. The van der Waals surface area contributed by atoms with Gasteiger partial charge in [0.1, 0.15) is 0 Å². The van der Waals surface area contributed by atoms with Crippen molar-refractivity contribution in [2.45, 2.75) is 25.7 Å². The quantitative estimate of drug-likeness (QED) is 0.811. The summed E-state index contributed by atoms with van der Waals surface area (Å²) in [4.78, 5) is 34.9. The summed E-state index contributed by atoms with van der Waals surface area (Å²) in [6.07, 6.45) is 1.98. The first-order chi connectivity index (χ1) is 13.1. The Hall–Kier alpha value is -1.99. The number of piperidine rings is 1. The lowest BCUT2D eigenvalue weighted by atomic mass is 9.97. The van der Waals surface area contributed by atoms with Crippen LogP contribution in [0.25, 0.3) is 10.2 Å². The van der Waals surface area contributed by atoms with Crippen molar-refractivity contribution in [2.75, 3.05) is 45.8 Å². The number of rotatable bonds is 3. The minimum Gasteiger partial charge on any atom is -0.342 e. The van der Waals surface area contributed by atoms with Crippen LogP contribution in [0.15, 0.2) is 24.3 Å². The molecule has 144 valence electrons. The molecular formula is C20H26N4O2S. The van der Waals surface area contributed by atoms with Gasteiger partial charge in [0.15, 0.2) is 0 Å². The van der Waals surface area contributed by atoms with Crippen molar-refractivity contribution in [1.82, 2.24) is 19.7 Å². The summed E-state index contributed by atoms with van der Waals surface area (Å²) in [5, 5.41) is 1.21. The summed E-state index contributed by atoms with van der Waals surface area (Å²) in [5.41, 5.74) is 1.08. The number of benzene rings is 1. The van der Waals surface area contributed by atoms with Crippen LogP contribution in [0.4, 0.5) is 0 Å². The second-order valence-corrected chi connectivity index (χ2v) is 8.52. The first-order valence-electron chi connectivity index (χ1n) is 9.71. The average Bonchev–Trinajstić information content (AvgIpc) is 3.13. The summed E-state index contributed by atoms with van der Waals surface area (Å²) >= 11 is 1.79. The second-order valence-electron chi connectivity index (χ2n) is 7.46. The van der Waals surface area contributed by atoms with E-state index in [9.17, 15) is 9.59 Å². The van der Waals surface area contributed by atoms with Crippen LogP contribution in [0.2, 0.25) is 0 Å². The summed E-state index contributed by atoms with van der Waals surface area (Å²) < 4.78 is 1.25. The van der Waals surface area contributed by atoms with Crippen LogP contribution >= 0.6 is 11.3 Å². The monoisotopic (exact) mass is 386 g/mol. The van der Waals surface area contributed by atoms with E-state index in [-0.39, 0.29) is 11.8 Å². The van der Waals surface area contributed by atoms with Gasteiger partial charge in [-0.3, -0.25) is 14.5 Å². The van der Waals surface area contributed by atoms with Crippen molar-refractivity contribution in [2.24, 2.45) is 0 Å². The van der Waals surface area contributed by atoms with E-state index in [1.54, 1.807) is 18.3 Å². The van der Waals surface area contributed by atoms with E-state index in [2.05, 4.69) is 23.1 Å². The molecule has 3 heterocycles. The zero-order chi connectivity index (χ0) is 18.8. The molecule has 0 spiro atoms. The van der Waals surface area contributed by atoms with Crippen molar-refractivity contribution < 1.29 is 9.59 Å². The van der Waals surface area contributed by atoms with Gasteiger partial charge in [0.05, 0.1) is 21.8 Å². The molecule has 7 heteroatoms. The molecule has 0 aliphatic carbocycles. The average molecular weight is 387 g/mol. The Morgan fingerprint density at radius 1 is 1.04 bits per heavy atom. The van der Waals surface area contributed by atoms with Crippen molar-refractivity contribution in [3.05, 3.63) is 29.3 Å². The highest BCUT2D eigenvalue weighted by atomic mass is 32.1. The standard InChI is InChI=1S/C20H26N4O2S/c1-15(25)23-12-10-22(11-13-23)14-19(26)24-8-6-16(7-9-24)20-21-17-4-2-3-5-18(17)27-20/h2-5,16H,6-14H2,1H3. The van der Waals surface area contributed by atoms with Gasteiger partial charge in [0.2, 0.25) is 11.8 Å². The summed E-state index contributed by atoms with van der Waals surface area (Å²) in [5.74, 6) is 0.803. The lowest BCUT2D eigenvalue weighted by molar-refractivity contribution is -0.135. The molecule has 0 unspecified atom stereocenters. The van der Waals surface area contributed by atoms with E-state index in [1.807, 2.05) is 15.9 Å². The minimum atomic E-state index is 0.123. The number of piperazine rings is 1. The molecule has 2 aliphatic heterocycles. The molecule has 27 heavy (non-hydrogen) atoms. The lowest BCUT2D eigenvalue weighted by Crippen LogP contribution is -2.51. The molecule has 0 saturated carbocycles. The number of nitrogens with zero attached hydrogens (tertiary/aromatic N) is 4. The number of amides is 2. The van der Waals surface area contributed by atoms with Crippen LogP contribution in [-0.4, -0.2) is 77.3 Å². The van der Waals surface area contributed by atoms with E-state index in [1.165, 1.54) is 9.71 Å². The summed E-state index contributed by atoms with van der Waals surface area (Å²) in [6, 6.07) is 8.28. The molecule has 4 rings (SSSR count). The first kappa shape index (κ1) is 18.4. The van der Waals surface area contributed by atoms with Crippen LogP contribution in [0.1, 0.15) is 30.7 Å². The van der Waals surface area contributed by atoms with Crippen LogP contribution in [0, 0.1) is 0 Å². The molecule has 2 aliphatic rings. The number of carbonyl (C=O) groups is 2. The SMILES string of the molecule is CC(=O)N1CCN(CC(=O)N2CCC(c3nc4ccccc4s3)CC2)CC1. The van der Waals surface area contributed by atoms with E-state index >= 15 is 0 Å². The fraction of sp³-hybridized carbons (Fsp3) is 0.550. The van der Waals surface area contributed by atoms with Crippen molar-refractivity contribution in [3.8, 4) is 0 Å². The maximum Gasteiger partial charge on any atom is 0.236 e. The normalized spacial score (nSPS) is 19.6. The molecular weight excluding hydrogens is 360 g/mol. The fourth-order valence-electron chi connectivity index (χ4n) is 3.95. The van der Waals surface area contributed by atoms with Crippen LogP contribution in [-0.2, 0) is 9.59 Å². The smallest absolute Gasteiger partial charge is 0.236 e. The Balaban J connectivity index is 1.27. The Labute approximate surface area is 163 Å². The number of thiazole rings is 1. The molecule has 1 aromatic heterocycles. The number of carbonyl (C=O) groups excluding carboxylic acids is 2. The second kappa shape index (κ2) is 7.94. The van der Waals surface area contributed by atoms with Gasteiger partial charge in [-0.25, -0.2) is 4.98 Å². The van der Waals surface area contributed by atoms with Gasteiger partial charge < -0.3 is 9.80 Å². The largest absolute Gasteiger partial charge is 0.342 e. The third-order valence-corrected chi connectivity index (χ3v) is 6.88. The molecule has 0 N–H and O–H groups in total. The zero-order valence-electron chi connectivity index (χ0n) is 15.8. The van der Waals surface area contributed by atoms with Crippen LogP contribution < -0.4 is 0 Å². The minimum absolute atomic E-state index is 0.123. The number of fused-ring (bicyclic) bond motifs is 1. The van der Waals surface area contributed by atoms with Gasteiger partial charge in [-0.2, -0.15) is 0 Å². The molecule has 6 nitrogen and oxygen atoms in total. The number of hydrogen-bond acceptors (Lipinski definition) is 5. The maximum atomic E-state index is 12.7. The number of para-hydroxylation sites is 1. The molecule has 0 radical (unpaired) electrons. The highest BCUT2D eigenvalue weighted by molar-refractivity contribution is 7.18. The Bertz CT molecular complexity index is 787. The van der Waals surface area contributed by atoms with E-state index < -0.39 is 0 Å². The molecule has 2 saturated heterocycles.